The minimum absolute atomic E-state index is 0.106. The summed E-state index contributed by atoms with van der Waals surface area (Å²) in [7, 11) is -2.51. The van der Waals surface area contributed by atoms with Crippen molar-refractivity contribution in [3.8, 4) is 56.0 Å². The summed E-state index contributed by atoms with van der Waals surface area (Å²) in [6.45, 7) is 16.7. The molecule has 5 N–H and O–H groups in total. The molecule has 4 aliphatic carbocycles. The maximum absolute atomic E-state index is 13.2. The Morgan fingerprint density at radius 2 is 0.790 bits per heavy atom. The van der Waals surface area contributed by atoms with Crippen LogP contribution in [0.1, 0.15) is 255 Å². The van der Waals surface area contributed by atoms with Crippen molar-refractivity contribution in [3.63, 3.8) is 0 Å². The molecule has 14 aromatic rings. The van der Waals surface area contributed by atoms with Gasteiger partial charge in [-0.25, -0.2) is 18.8 Å². The molecule has 0 radical (unpaired) electrons. The first kappa shape index (κ1) is 100. The number of pyridine rings is 3. The number of anilines is 6. The average Bonchev–Trinajstić information content (AvgIpc) is 0.788. The molecule has 19 heteroatoms. The number of benzene rings is 11. The van der Waals surface area contributed by atoms with E-state index < -0.39 is 15.3 Å². The molecule has 5 heterocycles. The molecule has 1 unspecified atom stereocenters. The zero-order valence-corrected chi connectivity index (χ0v) is 84.8. The predicted octanol–water partition coefficient (Wildman–Crippen LogP) is 30.3. The molecule has 6 aliphatic rings. The van der Waals surface area contributed by atoms with E-state index in [4.69, 9.17) is 9.47 Å². The van der Waals surface area contributed by atoms with Gasteiger partial charge in [-0.2, -0.15) is 0 Å². The van der Waals surface area contributed by atoms with Crippen molar-refractivity contribution in [2.75, 3.05) is 57.0 Å². The molecule has 18 nitrogen and oxygen atoms in total. The topological polar surface area (TPSA) is 226 Å². The van der Waals surface area contributed by atoms with E-state index in [0.717, 1.165) is 133 Å². The summed E-state index contributed by atoms with van der Waals surface area (Å²) in [5.41, 5.74) is 22.2. The molecule has 736 valence electrons. The van der Waals surface area contributed by atoms with Gasteiger partial charge in [-0.1, -0.05) is 248 Å². The van der Waals surface area contributed by atoms with Crippen LogP contribution >= 0.6 is 0 Å². The Labute approximate surface area is 844 Å². The van der Waals surface area contributed by atoms with Gasteiger partial charge >= 0.3 is 12.1 Å². The molecule has 4 fully saturated rings. The molecular formula is C124H136N10O8S. The summed E-state index contributed by atoms with van der Waals surface area (Å²) in [6.07, 6.45) is 30.9. The highest BCUT2D eigenvalue weighted by Gasteiger charge is 2.37. The normalized spacial score (nSPS) is 19.4. The first-order valence-corrected chi connectivity index (χ1v) is 53.9. The number of nitrogens with zero attached hydrogens (tertiary/aromatic N) is 5. The number of hydrogen-bond donors (Lipinski definition) is 5. The van der Waals surface area contributed by atoms with Crippen LogP contribution in [-0.2, 0) is 14.5 Å². The number of nitrogens with one attached hydrogen (secondary N) is 5. The summed E-state index contributed by atoms with van der Waals surface area (Å²) in [4.78, 5) is 81.1. The lowest BCUT2D eigenvalue weighted by molar-refractivity contribution is -0.120. The van der Waals surface area contributed by atoms with Gasteiger partial charge in [0.05, 0.1) is 46.6 Å². The van der Waals surface area contributed by atoms with Crippen molar-refractivity contribution in [2.45, 2.75) is 212 Å². The first-order chi connectivity index (χ1) is 69.4. The van der Waals surface area contributed by atoms with Crippen molar-refractivity contribution in [1.82, 2.24) is 19.7 Å². The van der Waals surface area contributed by atoms with Crippen molar-refractivity contribution in [2.24, 2.45) is 23.7 Å². The molecule has 20 rings (SSSR count). The summed E-state index contributed by atoms with van der Waals surface area (Å²) in [5, 5.41) is 13.7. The van der Waals surface area contributed by atoms with Crippen LogP contribution in [-0.4, -0.2) is 86.4 Å². The fourth-order valence-corrected chi connectivity index (χ4v) is 22.3. The lowest BCUT2D eigenvalue weighted by Crippen LogP contribution is -2.50. The van der Waals surface area contributed by atoms with E-state index in [9.17, 15) is 28.2 Å². The van der Waals surface area contributed by atoms with Crippen molar-refractivity contribution in [1.29, 1.82) is 0 Å². The number of carbonyl (C=O) groups is 5. The van der Waals surface area contributed by atoms with E-state index in [1.54, 1.807) is 46.6 Å². The molecule has 4 saturated carbocycles. The highest BCUT2D eigenvalue weighted by Crippen LogP contribution is 2.46. The monoisotopic (exact) mass is 1930 g/mol. The summed E-state index contributed by atoms with van der Waals surface area (Å²) < 4.78 is 26.5. The third-order valence-corrected chi connectivity index (χ3v) is 30.7. The van der Waals surface area contributed by atoms with Gasteiger partial charge in [0.1, 0.15) is 29.5 Å². The fourth-order valence-electron chi connectivity index (χ4n) is 21.7. The van der Waals surface area contributed by atoms with Crippen LogP contribution < -0.4 is 45.3 Å². The van der Waals surface area contributed by atoms with Gasteiger partial charge in [-0.15, -0.1) is 0 Å². The number of hydrogen-bond acceptors (Lipinski definition) is 11. The van der Waals surface area contributed by atoms with Crippen molar-refractivity contribution >= 4 is 101 Å². The fraction of sp³-hybridized carbons (Fsp3) is 0.331. The molecule has 0 bridgehead atoms. The maximum Gasteiger partial charge on any atom is 0.326 e. The second-order valence-corrected chi connectivity index (χ2v) is 43.0. The zero-order valence-electron chi connectivity index (χ0n) is 83.9. The van der Waals surface area contributed by atoms with Crippen LogP contribution in [0.2, 0.25) is 0 Å². The van der Waals surface area contributed by atoms with Crippen LogP contribution in [0.25, 0.3) is 66.3 Å². The summed E-state index contributed by atoms with van der Waals surface area (Å²) in [5.74, 6) is 11.0. The number of fused-ring (bicyclic) bond motifs is 4. The SMILES string of the molecule is C=S(C)(=O)NC(=O)CC1CCC(c2ccc(-c3ccc4c(c3)OCCN4C(=O)Nc3ccccc3)cc2)CC1.CCC1CCC(c2ccc(-c3ccc4c(C(=O)Nc5ccccc5C(C)C)ccnc4c3)cc2)CC1.CCC1CCC(c2ccc(-c3ccc4c(C(=O)Nc5ccccn5)ccnc4c3)cc2)CC1.CCC1CCC(c2ccc(-c3ccc4c(c3)OC(C)(C)CN4C(=O)Nc3ccccc3)cc2)CC1. The van der Waals surface area contributed by atoms with Crippen LogP contribution in [0.3, 0.4) is 0 Å². The second kappa shape index (κ2) is 46.8. The van der Waals surface area contributed by atoms with Gasteiger partial charge in [0.25, 0.3) is 11.8 Å². The number of urea groups is 2. The number of rotatable bonds is 21. The first-order valence-electron chi connectivity index (χ1n) is 51.7. The van der Waals surface area contributed by atoms with Crippen LogP contribution in [0.4, 0.5) is 43.8 Å². The number of amides is 7. The second-order valence-electron chi connectivity index (χ2n) is 40.8. The molecule has 11 aromatic carbocycles. The van der Waals surface area contributed by atoms with Crippen LogP contribution in [0.15, 0.2) is 304 Å². The van der Waals surface area contributed by atoms with Crippen molar-refractivity contribution < 1.29 is 37.7 Å². The smallest absolute Gasteiger partial charge is 0.326 e. The Kier molecular flexibility index (Phi) is 32.9. The molecule has 2 aliphatic heterocycles. The third kappa shape index (κ3) is 25.9. The Morgan fingerprint density at radius 3 is 1.22 bits per heavy atom. The van der Waals surface area contributed by atoms with Gasteiger partial charge in [0.2, 0.25) is 5.91 Å². The summed E-state index contributed by atoms with van der Waals surface area (Å²) in [6, 6.07) is 96.0. The molecule has 0 spiro atoms. The van der Waals surface area contributed by atoms with Gasteiger partial charge in [-0.05, 0) is 339 Å². The van der Waals surface area contributed by atoms with E-state index >= 15 is 0 Å². The van der Waals surface area contributed by atoms with Crippen molar-refractivity contribution in [3.05, 3.63) is 343 Å². The Hall–Kier alpha value is -14.0. The quantitative estimate of drug-likeness (QED) is 0.0425. The van der Waals surface area contributed by atoms with E-state index in [2.05, 4.69) is 221 Å². The van der Waals surface area contributed by atoms with E-state index in [-0.39, 0.29) is 29.8 Å². The average molecular weight is 1930 g/mol. The minimum Gasteiger partial charge on any atom is -0.490 e. The standard InChI is InChI=1S/C33H36N2O.C31H35N3O4S.C31H36N2O2.C29H29N3O/c1-4-23-9-11-24(12-10-23)25-13-15-26(16-14-25)27-17-18-29-30(19-20-34-32(29)21-27)33(36)35-31-8-6-5-7-28(31)22(2)3;1-39(2,37)33-30(35)20-22-8-10-23(11-9-22)24-12-14-25(15-13-24)26-16-17-28-29(21-26)38-19-18-34(28)31(36)32-27-6-4-3-5-7-27;1-4-22-10-12-23(13-11-22)24-14-16-25(17-15-24)26-18-19-28-29(20-26)35-31(2,3)21-33(28)30(34)32-27-8-6-5-7-9-27;1-2-20-6-8-21(9-7-20)22-10-12-23(13-11-22)24-14-15-25-26(16-18-30-27(25)19-24)29(33)32-28-5-3-4-17-31-28/h5-8,13-24H,4,9-12H2,1-3H3,(H,35,36);3-7,12-17,21-23H,1,8-11,18-20H2,2H3,(H,32,36)(H,33,35,37);5-9,14-20,22-23H,4,10-13,21H2,1-3H3,(H,32,34);3-5,10-21H,2,6-9H2,1H3,(H,31,32,33). The van der Waals surface area contributed by atoms with E-state index in [1.807, 2.05) is 141 Å². The highest BCUT2D eigenvalue weighted by atomic mass is 32.2. The lowest BCUT2D eigenvalue weighted by atomic mass is 9.77. The number of ether oxygens (including phenoxy) is 2. The Bertz CT molecular complexity index is 6830. The van der Waals surface area contributed by atoms with E-state index in [1.165, 1.54) is 142 Å². The van der Waals surface area contributed by atoms with Crippen LogP contribution in [0.5, 0.6) is 11.5 Å². The highest BCUT2D eigenvalue weighted by molar-refractivity contribution is 7.98. The molecule has 0 saturated heterocycles. The number of aromatic nitrogens is 3. The molecule has 1 atom stereocenters. The minimum atomic E-state index is -2.51. The zero-order chi connectivity index (χ0) is 99.5. The lowest BCUT2D eigenvalue weighted by Gasteiger charge is -2.39. The van der Waals surface area contributed by atoms with Gasteiger partial charge in [-0.3, -0.25) is 38.9 Å². The molecule has 7 amide bonds. The Morgan fingerprint density at radius 1 is 0.406 bits per heavy atom. The molecular weight excluding hydrogens is 1790 g/mol. The predicted molar refractivity (Wildman–Crippen MR) is 588 cm³/mol. The molecule has 143 heavy (non-hydrogen) atoms. The van der Waals surface area contributed by atoms with Gasteiger partial charge in [0, 0.05) is 68.8 Å². The third-order valence-electron chi connectivity index (χ3n) is 30.0. The number of carbonyl (C=O) groups excluding carboxylic acids is 5. The maximum atomic E-state index is 13.2. The Balaban J connectivity index is 0.000000131. The van der Waals surface area contributed by atoms with Gasteiger partial charge in [0.15, 0.2) is 0 Å². The van der Waals surface area contributed by atoms with Crippen LogP contribution in [0, 0.1) is 23.7 Å². The largest absolute Gasteiger partial charge is 0.490 e. The molecule has 3 aromatic heterocycles. The number of para-hydroxylation sites is 3. The summed E-state index contributed by atoms with van der Waals surface area (Å²) >= 11 is 0. The van der Waals surface area contributed by atoms with Gasteiger partial charge < -0.3 is 30.7 Å². The van der Waals surface area contributed by atoms with E-state index in [0.29, 0.717) is 84.3 Å².